The van der Waals surface area contributed by atoms with Gasteiger partial charge in [0.2, 0.25) is 5.91 Å². The van der Waals surface area contributed by atoms with E-state index in [1.165, 1.54) is 0 Å². The van der Waals surface area contributed by atoms with Gasteiger partial charge in [0.1, 0.15) is 11.5 Å². The molecule has 1 unspecified atom stereocenters. The highest BCUT2D eigenvalue weighted by Crippen LogP contribution is 2.29. The van der Waals surface area contributed by atoms with Gasteiger partial charge in [-0.2, -0.15) is 0 Å². The van der Waals surface area contributed by atoms with Gasteiger partial charge in [0.15, 0.2) is 0 Å². The number of hydrogen-bond donors (Lipinski definition) is 2. The topological polar surface area (TPSA) is 59.6 Å². The van der Waals surface area contributed by atoms with Crippen molar-refractivity contribution in [2.75, 3.05) is 25.6 Å². The van der Waals surface area contributed by atoms with E-state index in [1.807, 2.05) is 19.9 Å². The summed E-state index contributed by atoms with van der Waals surface area (Å²) in [6, 6.07) is 5.12. The molecule has 1 aromatic carbocycles. The molecule has 0 aliphatic heterocycles. The van der Waals surface area contributed by atoms with E-state index in [0.717, 1.165) is 0 Å². The van der Waals surface area contributed by atoms with Crippen LogP contribution in [0, 0.1) is 0 Å². The second-order valence-electron chi connectivity index (χ2n) is 4.02. The number of amides is 1. The third-order valence-electron chi connectivity index (χ3n) is 2.65. The lowest BCUT2D eigenvalue weighted by atomic mass is 10.2. The van der Waals surface area contributed by atoms with E-state index in [-0.39, 0.29) is 11.9 Å². The van der Waals surface area contributed by atoms with Crippen LogP contribution in [0.4, 0.5) is 5.69 Å². The molecule has 0 saturated heterocycles. The molecule has 1 aromatic rings. The smallest absolute Gasteiger partial charge is 0.241 e. The fourth-order valence-electron chi connectivity index (χ4n) is 1.52. The van der Waals surface area contributed by atoms with Gasteiger partial charge >= 0.3 is 0 Å². The van der Waals surface area contributed by atoms with Gasteiger partial charge in [-0.15, -0.1) is 0 Å². The van der Waals surface area contributed by atoms with Gasteiger partial charge in [0, 0.05) is 6.07 Å². The van der Waals surface area contributed by atoms with Crippen LogP contribution in [0.3, 0.4) is 0 Å². The summed E-state index contributed by atoms with van der Waals surface area (Å²) in [5.74, 6) is 1.23. The lowest BCUT2D eigenvalue weighted by Gasteiger charge is -2.15. The maximum absolute atomic E-state index is 11.9. The summed E-state index contributed by atoms with van der Waals surface area (Å²) in [6.45, 7) is 6.73. The van der Waals surface area contributed by atoms with Crippen LogP contribution in [0.25, 0.3) is 0 Å². The Hall–Kier alpha value is -1.75. The van der Waals surface area contributed by atoms with Crippen molar-refractivity contribution in [2.24, 2.45) is 0 Å². The fraction of sp³-hybridized carbons (Fsp3) is 0.500. The Bertz CT molecular complexity index is 421. The van der Waals surface area contributed by atoms with Crippen molar-refractivity contribution >= 4 is 11.6 Å². The summed E-state index contributed by atoms with van der Waals surface area (Å²) in [5, 5.41) is 5.73. The molecule has 0 aliphatic carbocycles. The van der Waals surface area contributed by atoms with Gasteiger partial charge in [0.05, 0.1) is 24.9 Å². The number of hydrogen-bond acceptors (Lipinski definition) is 4. The van der Waals surface area contributed by atoms with E-state index in [0.29, 0.717) is 30.4 Å². The molecule has 0 bridgehead atoms. The predicted octanol–water partition coefficient (Wildman–Crippen LogP) is 2.03. The molecule has 2 N–H and O–H groups in total. The predicted molar refractivity (Wildman–Crippen MR) is 75.9 cm³/mol. The Morgan fingerprint density at radius 3 is 2.53 bits per heavy atom. The molecule has 1 atom stereocenters. The SMILES string of the molecule is CCOc1ccc(OCC)c(NC(=O)C(C)NC)c1. The van der Waals surface area contributed by atoms with Gasteiger partial charge < -0.3 is 20.1 Å². The van der Waals surface area contributed by atoms with E-state index in [2.05, 4.69) is 10.6 Å². The maximum atomic E-state index is 11.9. The first kappa shape index (κ1) is 15.3. The number of ether oxygens (including phenoxy) is 2. The Balaban J connectivity index is 2.93. The standard InChI is InChI=1S/C14H22N2O3/c1-5-18-11-7-8-13(19-6-2)12(9-11)16-14(17)10(3)15-4/h7-10,15H,5-6H2,1-4H3,(H,16,17). The summed E-state index contributed by atoms with van der Waals surface area (Å²) >= 11 is 0. The van der Waals surface area contributed by atoms with E-state index in [4.69, 9.17) is 9.47 Å². The van der Waals surface area contributed by atoms with Crippen LogP contribution in [-0.4, -0.2) is 32.2 Å². The van der Waals surface area contributed by atoms with Crippen LogP contribution in [0.2, 0.25) is 0 Å². The molecule has 5 nitrogen and oxygen atoms in total. The normalized spacial score (nSPS) is 11.8. The Morgan fingerprint density at radius 2 is 1.95 bits per heavy atom. The third-order valence-corrected chi connectivity index (χ3v) is 2.65. The van der Waals surface area contributed by atoms with Crippen LogP contribution in [0.5, 0.6) is 11.5 Å². The van der Waals surface area contributed by atoms with Gasteiger partial charge in [0.25, 0.3) is 0 Å². The molecular weight excluding hydrogens is 244 g/mol. The van der Waals surface area contributed by atoms with Crippen molar-refractivity contribution in [3.05, 3.63) is 18.2 Å². The Labute approximate surface area is 114 Å². The van der Waals surface area contributed by atoms with Crippen molar-refractivity contribution in [1.82, 2.24) is 5.32 Å². The molecule has 0 aromatic heterocycles. The zero-order valence-corrected chi connectivity index (χ0v) is 11.9. The highest BCUT2D eigenvalue weighted by Gasteiger charge is 2.14. The summed E-state index contributed by atoms with van der Waals surface area (Å²) in [7, 11) is 1.74. The first-order valence-electron chi connectivity index (χ1n) is 6.50. The Kier molecular flexibility index (Phi) is 6.15. The van der Waals surface area contributed by atoms with Crippen molar-refractivity contribution < 1.29 is 14.3 Å². The summed E-state index contributed by atoms with van der Waals surface area (Å²) < 4.78 is 10.9. The zero-order valence-electron chi connectivity index (χ0n) is 11.9. The number of nitrogens with one attached hydrogen (secondary N) is 2. The van der Waals surface area contributed by atoms with E-state index >= 15 is 0 Å². The molecule has 1 amide bonds. The molecule has 0 heterocycles. The minimum Gasteiger partial charge on any atom is -0.494 e. The minimum atomic E-state index is -0.273. The average Bonchev–Trinajstić information content (AvgIpc) is 2.41. The van der Waals surface area contributed by atoms with Crippen molar-refractivity contribution in [3.8, 4) is 11.5 Å². The van der Waals surface area contributed by atoms with Gasteiger partial charge in [-0.25, -0.2) is 0 Å². The summed E-state index contributed by atoms with van der Waals surface area (Å²) in [4.78, 5) is 11.9. The third kappa shape index (κ3) is 4.44. The number of carbonyl (C=O) groups excluding carboxylic acids is 1. The molecule has 0 fully saturated rings. The van der Waals surface area contributed by atoms with Crippen LogP contribution >= 0.6 is 0 Å². The highest BCUT2D eigenvalue weighted by atomic mass is 16.5. The lowest BCUT2D eigenvalue weighted by Crippen LogP contribution is -2.35. The van der Waals surface area contributed by atoms with E-state index < -0.39 is 0 Å². The van der Waals surface area contributed by atoms with Crippen LogP contribution < -0.4 is 20.1 Å². The van der Waals surface area contributed by atoms with Gasteiger partial charge in [-0.05, 0) is 40.0 Å². The van der Waals surface area contributed by atoms with Crippen molar-refractivity contribution in [2.45, 2.75) is 26.8 Å². The number of rotatable bonds is 7. The van der Waals surface area contributed by atoms with Crippen molar-refractivity contribution in [1.29, 1.82) is 0 Å². The molecular formula is C14H22N2O3. The maximum Gasteiger partial charge on any atom is 0.241 e. The van der Waals surface area contributed by atoms with Crippen LogP contribution in [0.1, 0.15) is 20.8 Å². The lowest BCUT2D eigenvalue weighted by molar-refractivity contribution is -0.117. The number of benzene rings is 1. The van der Waals surface area contributed by atoms with Crippen molar-refractivity contribution in [3.63, 3.8) is 0 Å². The molecule has 1 rings (SSSR count). The van der Waals surface area contributed by atoms with E-state index in [1.54, 1.807) is 26.1 Å². The van der Waals surface area contributed by atoms with E-state index in [9.17, 15) is 4.79 Å². The Morgan fingerprint density at radius 1 is 1.26 bits per heavy atom. The second-order valence-corrected chi connectivity index (χ2v) is 4.02. The first-order valence-corrected chi connectivity index (χ1v) is 6.50. The summed E-state index contributed by atoms with van der Waals surface area (Å²) in [5.41, 5.74) is 0.625. The summed E-state index contributed by atoms with van der Waals surface area (Å²) in [6.07, 6.45) is 0. The number of carbonyl (C=O) groups is 1. The molecule has 19 heavy (non-hydrogen) atoms. The average molecular weight is 266 g/mol. The molecule has 0 radical (unpaired) electrons. The quantitative estimate of drug-likeness (QED) is 0.793. The largest absolute Gasteiger partial charge is 0.494 e. The molecule has 5 heteroatoms. The number of anilines is 1. The second kappa shape index (κ2) is 7.63. The number of likely N-dealkylation sites (N-methyl/N-ethyl adjacent to an activating group) is 1. The fourth-order valence-corrected chi connectivity index (χ4v) is 1.52. The molecule has 106 valence electrons. The van der Waals surface area contributed by atoms with Crippen LogP contribution in [-0.2, 0) is 4.79 Å². The van der Waals surface area contributed by atoms with Crippen LogP contribution in [0.15, 0.2) is 18.2 Å². The molecule has 0 saturated carbocycles. The first-order chi connectivity index (χ1) is 9.12. The molecule has 0 spiro atoms. The minimum absolute atomic E-state index is 0.114. The zero-order chi connectivity index (χ0) is 14.3. The monoisotopic (exact) mass is 266 g/mol. The van der Waals surface area contributed by atoms with Gasteiger partial charge in [-0.1, -0.05) is 0 Å². The highest BCUT2D eigenvalue weighted by molar-refractivity contribution is 5.96. The van der Waals surface area contributed by atoms with Gasteiger partial charge in [-0.3, -0.25) is 4.79 Å². The molecule has 0 aliphatic rings.